The summed E-state index contributed by atoms with van der Waals surface area (Å²) in [5, 5.41) is 0. The molecule has 0 bridgehead atoms. The Morgan fingerprint density at radius 3 is 2.64 bits per heavy atom. The summed E-state index contributed by atoms with van der Waals surface area (Å²) in [5.41, 5.74) is 6.97. The second-order valence-corrected chi connectivity index (χ2v) is 4.19. The van der Waals surface area contributed by atoms with Crippen LogP contribution in [0.5, 0.6) is 0 Å². The van der Waals surface area contributed by atoms with Crippen molar-refractivity contribution >= 4 is 0 Å². The zero-order chi connectivity index (χ0) is 8.32. The summed E-state index contributed by atoms with van der Waals surface area (Å²) in [7, 11) is 0. The van der Waals surface area contributed by atoms with Crippen molar-refractivity contribution in [2.75, 3.05) is 13.1 Å². The molecule has 1 unspecified atom stereocenters. The highest BCUT2D eigenvalue weighted by Gasteiger charge is 2.28. The maximum Gasteiger partial charge on any atom is 0.0156 e. The number of hydrogen-bond acceptors (Lipinski definition) is 2. The van der Waals surface area contributed by atoms with Crippen LogP contribution in [0.15, 0.2) is 0 Å². The smallest absolute Gasteiger partial charge is 0.0156 e. The highest BCUT2D eigenvalue weighted by Crippen LogP contribution is 2.31. The predicted molar refractivity (Wildman–Crippen MR) is 48.2 cm³/mol. The van der Waals surface area contributed by atoms with Crippen molar-refractivity contribution < 1.29 is 0 Å². The fraction of sp³-hybridized carbons (Fsp3) is 1.00. The molecule has 1 fully saturated rings. The Morgan fingerprint density at radius 1 is 1.27 bits per heavy atom. The highest BCUT2D eigenvalue weighted by molar-refractivity contribution is 4.81. The van der Waals surface area contributed by atoms with E-state index in [1.165, 1.54) is 12.8 Å². The SMILES string of the molecule is CC(C)C1(C)CCCNNC1. The first-order valence-corrected chi connectivity index (χ1v) is 4.61. The Kier molecular flexibility index (Phi) is 2.90. The summed E-state index contributed by atoms with van der Waals surface area (Å²) in [6.07, 6.45) is 2.63. The Bertz CT molecular complexity index is 113. The molecule has 1 saturated heterocycles. The van der Waals surface area contributed by atoms with Crippen LogP contribution in [0, 0.1) is 11.3 Å². The molecule has 66 valence electrons. The quantitative estimate of drug-likeness (QED) is 0.601. The molecule has 0 aromatic carbocycles. The fourth-order valence-corrected chi connectivity index (χ4v) is 1.51. The van der Waals surface area contributed by atoms with E-state index in [0.29, 0.717) is 5.41 Å². The van der Waals surface area contributed by atoms with Crippen LogP contribution in [0.2, 0.25) is 0 Å². The summed E-state index contributed by atoms with van der Waals surface area (Å²) in [6.45, 7) is 9.21. The topological polar surface area (TPSA) is 24.1 Å². The lowest BCUT2D eigenvalue weighted by molar-refractivity contribution is 0.199. The summed E-state index contributed by atoms with van der Waals surface area (Å²) in [5.74, 6) is 0.773. The minimum absolute atomic E-state index is 0.490. The first-order chi connectivity index (χ1) is 5.15. The predicted octanol–water partition coefficient (Wildman–Crippen LogP) is 1.54. The molecule has 2 nitrogen and oxygen atoms in total. The third-order valence-electron chi connectivity index (χ3n) is 3.06. The minimum Gasteiger partial charge on any atom is -0.258 e. The van der Waals surface area contributed by atoms with Crippen molar-refractivity contribution in [1.29, 1.82) is 0 Å². The van der Waals surface area contributed by atoms with Gasteiger partial charge >= 0.3 is 0 Å². The van der Waals surface area contributed by atoms with Crippen molar-refractivity contribution in [2.45, 2.75) is 33.6 Å². The van der Waals surface area contributed by atoms with Crippen LogP contribution in [-0.4, -0.2) is 13.1 Å². The number of hydrazine groups is 1. The Morgan fingerprint density at radius 2 is 2.00 bits per heavy atom. The van der Waals surface area contributed by atoms with E-state index in [2.05, 4.69) is 31.6 Å². The van der Waals surface area contributed by atoms with E-state index in [4.69, 9.17) is 0 Å². The van der Waals surface area contributed by atoms with Gasteiger partial charge in [-0.3, -0.25) is 10.9 Å². The van der Waals surface area contributed by atoms with E-state index in [1.807, 2.05) is 0 Å². The van der Waals surface area contributed by atoms with Gasteiger partial charge in [-0.15, -0.1) is 0 Å². The van der Waals surface area contributed by atoms with E-state index in [0.717, 1.165) is 19.0 Å². The largest absolute Gasteiger partial charge is 0.258 e. The molecule has 1 aliphatic rings. The highest BCUT2D eigenvalue weighted by atomic mass is 15.4. The van der Waals surface area contributed by atoms with Gasteiger partial charge in [-0.05, 0) is 24.2 Å². The average molecular weight is 156 g/mol. The zero-order valence-electron chi connectivity index (χ0n) is 7.91. The molecule has 11 heavy (non-hydrogen) atoms. The number of rotatable bonds is 1. The van der Waals surface area contributed by atoms with Gasteiger partial charge in [0, 0.05) is 13.1 Å². The van der Waals surface area contributed by atoms with E-state index in [-0.39, 0.29) is 0 Å². The first kappa shape index (κ1) is 9.01. The normalized spacial score (nSPS) is 33.8. The molecule has 1 rings (SSSR count). The van der Waals surface area contributed by atoms with E-state index in [9.17, 15) is 0 Å². The molecule has 2 heteroatoms. The zero-order valence-corrected chi connectivity index (χ0v) is 7.91. The molecule has 0 amide bonds. The summed E-state index contributed by atoms with van der Waals surface area (Å²) in [6, 6.07) is 0. The molecule has 0 aromatic heterocycles. The third kappa shape index (κ3) is 2.17. The van der Waals surface area contributed by atoms with Crippen LogP contribution in [0.4, 0.5) is 0 Å². The summed E-state index contributed by atoms with van der Waals surface area (Å²) in [4.78, 5) is 0. The Balaban J connectivity index is 2.52. The molecular formula is C9H20N2. The third-order valence-corrected chi connectivity index (χ3v) is 3.06. The standard InChI is InChI=1S/C9H20N2/c1-8(2)9(3)5-4-6-10-11-7-9/h8,10-11H,4-7H2,1-3H3. The Hall–Kier alpha value is -0.0800. The minimum atomic E-state index is 0.490. The molecule has 0 aromatic rings. The van der Waals surface area contributed by atoms with Crippen molar-refractivity contribution in [2.24, 2.45) is 11.3 Å². The van der Waals surface area contributed by atoms with Crippen molar-refractivity contribution in [1.82, 2.24) is 10.9 Å². The summed E-state index contributed by atoms with van der Waals surface area (Å²) < 4.78 is 0. The van der Waals surface area contributed by atoms with Crippen molar-refractivity contribution in [3.63, 3.8) is 0 Å². The van der Waals surface area contributed by atoms with Gasteiger partial charge in [0.15, 0.2) is 0 Å². The lowest BCUT2D eigenvalue weighted by Gasteiger charge is -2.32. The van der Waals surface area contributed by atoms with E-state index < -0.39 is 0 Å². The maximum atomic E-state index is 3.27. The molecule has 0 saturated carbocycles. The molecule has 0 radical (unpaired) electrons. The van der Waals surface area contributed by atoms with E-state index in [1.54, 1.807) is 0 Å². The van der Waals surface area contributed by atoms with Crippen LogP contribution in [0.3, 0.4) is 0 Å². The second kappa shape index (κ2) is 3.55. The lowest BCUT2D eigenvalue weighted by atomic mass is 9.76. The van der Waals surface area contributed by atoms with Gasteiger partial charge in [-0.25, -0.2) is 0 Å². The van der Waals surface area contributed by atoms with Gasteiger partial charge in [0.2, 0.25) is 0 Å². The molecule has 1 heterocycles. The van der Waals surface area contributed by atoms with Gasteiger partial charge in [0.05, 0.1) is 0 Å². The van der Waals surface area contributed by atoms with Gasteiger partial charge in [0.1, 0.15) is 0 Å². The van der Waals surface area contributed by atoms with Gasteiger partial charge in [0.25, 0.3) is 0 Å². The fourth-order valence-electron chi connectivity index (χ4n) is 1.51. The molecule has 2 N–H and O–H groups in total. The van der Waals surface area contributed by atoms with Gasteiger partial charge < -0.3 is 0 Å². The van der Waals surface area contributed by atoms with Crippen molar-refractivity contribution in [3.05, 3.63) is 0 Å². The first-order valence-electron chi connectivity index (χ1n) is 4.61. The van der Waals surface area contributed by atoms with Crippen LogP contribution in [-0.2, 0) is 0 Å². The molecule has 1 atom stereocenters. The van der Waals surface area contributed by atoms with Gasteiger partial charge in [-0.1, -0.05) is 20.8 Å². The molecular weight excluding hydrogens is 136 g/mol. The molecule has 1 aliphatic heterocycles. The average Bonchev–Trinajstić information content (AvgIpc) is 2.15. The lowest BCUT2D eigenvalue weighted by Crippen LogP contribution is -2.39. The Labute approximate surface area is 69.7 Å². The van der Waals surface area contributed by atoms with E-state index >= 15 is 0 Å². The maximum absolute atomic E-state index is 3.27. The van der Waals surface area contributed by atoms with Crippen LogP contribution >= 0.6 is 0 Å². The van der Waals surface area contributed by atoms with Crippen LogP contribution < -0.4 is 10.9 Å². The molecule has 0 aliphatic carbocycles. The number of hydrogen-bond donors (Lipinski definition) is 2. The van der Waals surface area contributed by atoms with Crippen molar-refractivity contribution in [3.8, 4) is 0 Å². The van der Waals surface area contributed by atoms with Crippen LogP contribution in [0.25, 0.3) is 0 Å². The van der Waals surface area contributed by atoms with Gasteiger partial charge in [-0.2, -0.15) is 0 Å². The molecule has 0 spiro atoms. The number of nitrogens with one attached hydrogen (secondary N) is 2. The summed E-state index contributed by atoms with van der Waals surface area (Å²) >= 11 is 0. The van der Waals surface area contributed by atoms with Crippen LogP contribution in [0.1, 0.15) is 33.6 Å². The monoisotopic (exact) mass is 156 g/mol. The second-order valence-electron chi connectivity index (χ2n) is 4.19.